The summed E-state index contributed by atoms with van der Waals surface area (Å²) in [6.07, 6.45) is 1.98. The van der Waals surface area contributed by atoms with E-state index in [4.69, 9.17) is 4.74 Å². The van der Waals surface area contributed by atoms with Crippen LogP contribution in [0, 0.1) is 19.7 Å². The van der Waals surface area contributed by atoms with Gasteiger partial charge in [-0.25, -0.2) is 4.39 Å². The Bertz CT molecular complexity index is 1490. The van der Waals surface area contributed by atoms with Crippen LogP contribution in [0.5, 0.6) is 5.75 Å². The Kier molecular flexibility index (Phi) is 7.19. The number of carbonyl (C=O) groups is 2. The molecular weight excluding hydrogens is 499 g/mol. The summed E-state index contributed by atoms with van der Waals surface area (Å²) in [4.78, 5) is 27.1. The van der Waals surface area contributed by atoms with Crippen LogP contribution in [-0.4, -0.2) is 44.4 Å². The number of benzene rings is 2. The van der Waals surface area contributed by atoms with Crippen molar-refractivity contribution in [3.8, 4) is 16.9 Å². The summed E-state index contributed by atoms with van der Waals surface area (Å²) in [5.41, 5.74) is 5.28. The summed E-state index contributed by atoms with van der Waals surface area (Å²) in [6.45, 7) is 8.06. The molecule has 1 aliphatic heterocycles. The second-order valence-corrected chi connectivity index (χ2v) is 10.0. The molecule has 3 N–H and O–H groups in total. The number of amides is 2. The van der Waals surface area contributed by atoms with Gasteiger partial charge in [-0.05, 0) is 76.1 Å². The fraction of sp³-hybridized carbons (Fsp3) is 0.310. The number of ether oxygens (including phenoxy) is 1. The molecule has 0 bridgehead atoms. The molecule has 9 nitrogen and oxygen atoms in total. The normalized spacial score (nSPS) is 15.4. The van der Waals surface area contributed by atoms with Crippen LogP contribution in [0.4, 0.5) is 10.1 Å². The molecule has 0 spiro atoms. The van der Waals surface area contributed by atoms with Crippen LogP contribution >= 0.6 is 0 Å². The van der Waals surface area contributed by atoms with Crippen LogP contribution in [0.25, 0.3) is 11.1 Å². The highest BCUT2D eigenvalue weighted by molar-refractivity contribution is 6.01. The highest BCUT2D eigenvalue weighted by atomic mass is 19.1. The number of rotatable bonds is 7. The van der Waals surface area contributed by atoms with Crippen LogP contribution in [-0.2, 0) is 4.79 Å². The number of aromatic amines is 1. The minimum absolute atomic E-state index is 0.0491. The maximum atomic E-state index is 14.3. The van der Waals surface area contributed by atoms with Gasteiger partial charge in [0.1, 0.15) is 23.3 Å². The lowest BCUT2D eigenvalue weighted by molar-refractivity contribution is -0.118. The molecule has 39 heavy (non-hydrogen) atoms. The van der Waals surface area contributed by atoms with E-state index in [9.17, 15) is 14.0 Å². The Morgan fingerprint density at radius 1 is 1.13 bits per heavy atom. The fourth-order valence-electron chi connectivity index (χ4n) is 5.12. The lowest BCUT2D eigenvalue weighted by Crippen LogP contribution is -2.49. The van der Waals surface area contributed by atoms with Crippen molar-refractivity contribution < 1.29 is 18.7 Å². The van der Waals surface area contributed by atoms with Gasteiger partial charge in [0.05, 0.1) is 12.3 Å². The van der Waals surface area contributed by atoms with E-state index < -0.39 is 29.6 Å². The van der Waals surface area contributed by atoms with Gasteiger partial charge in [-0.15, -0.1) is 0 Å². The van der Waals surface area contributed by atoms with E-state index in [0.29, 0.717) is 35.7 Å². The van der Waals surface area contributed by atoms with Crippen molar-refractivity contribution in [2.45, 2.75) is 52.1 Å². The van der Waals surface area contributed by atoms with Crippen molar-refractivity contribution in [2.75, 3.05) is 11.9 Å². The van der Waals surface area contributed by atoms with E-state index in [1.807, 2.05) is 52.0 Å². The first-order chi connectivity index (χ1) is 18.7. The fourth-order valence-corrected chi connectivity index (χ4v) is 5.12. The van der Waals surface area contributed by atoms with E-state index in [0.717, 1.165) is 22.5 Å². The van der Waals surface area contributed by atoms with Crippen molar-refractivity contribution in [3.63, 3.8) is 0 Å². The molecule has 0 radical (unpaired) electrons. The number of hydrogen-bond acceptors (Lipinski definition) is 5. The number of aryl methyl sites for hydroxylation is 2. The molecule has 2 aromatic heterocycles. The summed E-state index contributed by atoms with van der Waals surface area (Å²) in [7, 11) is 0. The molecule has 2 amide bonds. The highest BCUT2D eigenvalue weighted by Gasteiger charge is 2.36. The Morgan fingerprint density at radius 2 is 1.90 bits per heavy atom. The van der Waals surface area contributed by atoms with Gasteiger partial charge in [0.25, 0.3) is 5.91 Å². The third-order valence-corrected chi connectivity index (χ3v) is 6.99. The van der Waals surface area contributed by atoms with E-state index in [-0.39, 0.29) is 6.04 Å². The number of fused-ring (bicyclic) bond motifs is 1. The Morgan fingerprint density at radius 3 is 2.59 bits per heavy atom. The SMILES string of the molecule is Cc1n[nH]c(C)c1-c1ccc(NC(=O)[C@@H](NC(=O)c2ccnn2C(C)C)[C@H]2CCOc3ccc(F)cc32)cc1. The van der Waals surface area contributed by atoms with Gasteiger partial charge in [0, 0.05) is 40.7 Å². The largest absolute Gasteiger partial charge is 0.493 e. The van der Waals surface area contributed by atoms with Gasteiger partial charge in [0.2, 0.25) is 5.91 Å². The molecule has 4 aromatic rings. The first kappa shape index (κ1) is 26.1. The van der Waals surface area contributed by atoms with Crippen molar-refractivity contribution in [2.24, 2.45) is 0 Å². The molecule has 0 saturated carbocycles. The smallest absolute Gasteiger partial charge is 0.270 e. The average molecular weight is 531 g/mol. The molecule has 2 aromatic carbocycles. The molecule has 0 aliphatic carbocycles. The molecule has 3 heterocycles. The number of halogens is 1. The first-order valence-electron chi connectivity index (χ1n) is 12.9. The molecule has 1 aliphatic rings. The number of H-pyrrole nitrogens is 1. The number of nitrogens with zero attached hydrogens (tertiary/aromatic N) is 3. The second-order valence-electron chi connectivity index (χ2n) is 10.0. The van der Waals surface area contributed by atoms with Crippen LogP contribution in [0.15, 0.2) is 54.7 Å². The predicted molar refractivity (Wildman–Crippen MR) is 145 cm³/mol. The number of hydrogen-bond donors (Lipinski definition) is 3. The molecule has 202 valence electrons. The number of nitrogens with one attached hydrogen (secondary N) is 3. The maximum Gasteiger partial charge on any atom is 0.270 e. The molecule has 5 rings (SSSR count). The van der Waals surface area contributed by atoms with E-state index in [1.54, 1.807) is 23.0 Å². The van der Waals surface area contributed by atoms with Gasteiger partial charge in [-0.1, -0.05) is 12.1 Å². The zero-order valence-electron chi connectivity index (χ0n) is 22.3. The summed E-state index contributed by atoms with van der Waals surface area (Å²) in [5, 5.41) is 17.3. The van der Waals surface area contributed by atoms with Crippen molar-refractivity contribution in [3.05, 3.63) is 83.2 Å². The van der Waals surface area contributed by atoms with E-state index in [2.05, 4.69) is 25.9 Å². The predicted octanol–water partition coefficient (Wildman–Crippen LogP) is 4.91. The summed E-state index contributed by atoms with van der Waals surface area (Å²) in [5.74, 6) is -1.29. The molecular formula is C29H31FN6O3. The molecule has 2 atom stereocenters. The highest BCUT2D eigenvalue weighted by Crippen LogP contribution is 2.37. The second kappa shape index (κ2) is 10.7. The summed E-state index contributed by atoms with van der Waals surface area (Å²) < 4.78 is 21.6. The van der Waals surface area contributed by atoms with Gasteiger partial charge in [-0.3, -0.25) is 19.4 Å². The van der Waals surface area contributed by atoms with Gasteiger partial charge >= 0.3 is 0 Å². The van der Waals surface area contributed by atoms with Crippen molar-refractivity contribution in [1.82, 2.24) is 25.3 Å². The van der Waals surface area contributed by atoms with Crippen molar-refractivity contribution >= 4 is 17.5 Å². The monoisotopic (exact) mass is 530 g/mol. The van der Waals surface area contributed by atoms with Crippen LogP contribution in [0.1, 0.15) is 59.7 Å². The van der Waals surface area contributed by atoms with Crippen LogP contribution in [0.2, 0.25) is 0 Å². The minimum Gasteiger partial charge on any atom is -0.493 e. The third kappa shape index (κ3) is 5.27. The summed E-state index contributed by atoms with van der Waals surface area (Å²) in [6, 6.07) is 12.3. The molecule has 0 fully saturated rings. The van der Waals surface area contributed by atoms with E-state index in [1.165, 1.54) is 12.1 Å². The van der Waals surface area contributed by atoms with Gasteiger partial charge in [-0.2, -0.15) is 10.2 Å². The van der Waals surface area contributed by atoms with Crippen LogP contribution in [0.3, 0.4) is 0 Å². The number of aromatic nitrogens is 4. The summed E-state index contributed by atoms with van der Waals surface area (Å²) >= 11 is 0. The minimum atomic E-state index is -0.990. The molecule has 10 heteroatoms. The van der Waals surface area contributed by atoms with E-state index >= 15 is 0 Å². The molecule has 0 saturated heterocycles. The van der Waals surface area contributed by atoms with Crippen molar-refractivity contribution in [1.29, 1.82) is 0 Å². The Labute approximate surface area is 225 Å². The Hall–Kier alpha value is -4.47. The standard InChI is InChI=1S/C29H31FN6O3/c1-16(2)36-24(11-13-31-36)28(37)33-27(22-12-14-39-25-10-7-20(30)15-23(22)25)29(38)32-21-8-5-19(6-9-21)26-17(3)34-35-18(26)4/h5-11,13,15-16,22,27H,12,14H2,1-4H3,(H,32,38)(H,33,37)(H,34,35)/t22-,27-/m0/s1. The lowest BCUT2D eigenvalue weighted by atomic mass is 9.85. The third-order valence-electron chi connectivity index (χ3n) is 6.99. The topological polar surface area (TPSA) is 114 Å². The zero-order chi connectivity index (χ0) is 27.7. The number of carbonyl (C=O) groups excluding carboxylic acids is 2. The number of anilines is 1. The average Bonchev–Trinajstić information content (AvgIpc) is 3.54. The van der Waals surface area contributed by atoms with Gasteiger partial charge < -0.3 is 15.4 Å². The quantitative estimate of drug-likeness (QED) is 0.314. The lowest BCUT2D eigenvalue weighted by Gasteiger charge is -2.32. The van der Waals surface area contributed by atoms with Crippen LogP contribution < -0.4 is 15.4 Å². The zero-order valence-corrected chi connectivity index (χ0v) is 22.3. The molecule has 0 unspecified atom stereocenters. The first-order valence-corrected chi connectivity index (χ1v) is 12.9. The Balaban J connectivity index is 1.44. The van der Waals surface area contributed by atoms with Gasteiger partial charge in [0.15, 0.2) is 0 Å². The maximum absolute atomic E-state index is 14.3.